The molecule has 0 atom stereocenters. The SMILES string of the molecule is COCCOc1cc(N)c(-c2cn(-c3cccc(F)c3)nn2)cc1OCN(C)C. The number of halogens is 1. The van der Waals surface area contributed by atoms with E-state index >= 15 is 0 Å². The summed E-state index contributed by atoms with van der Waals surface area (Å²) in [6.07, 6.45) is 1.68. The van der Waals surface area contributed by atoms with Gasteiger partial charge in [0.2, 0.25) is 0 Å². The summed E-state index contributed by atoms with van der Waals surface area (Å²) in [5, 5.41) is 8.26. The van der Waals surface area contributed by atoms with E-state index in [1.165, 1.54) is 16.8 Å². The number of aromatic nitrogens is 3. The van der Waals surface area contributed by atoms with Gasteiger partial charge in [-0.2, -0.15) is 0 Å². The van der Waals surface area contributed by atoms with E-state index in [4.69, 9.17) is 19.9 Å². The van der Waals surface area contributed by atoms with Gasteiger partial charge in [-0.05, 0) is 38.4 Å². The Morgan fingerprint density at radius 2 is 1.90 bits per heavy atom. The van der Waals surface area contributed by atoms with Crippen LogP contribution in [-0.4, -0.2) is 61.0 Å². The van der Waals surface area contributed by atoms with Crippen LogP contribution < -0.4 is 15.2 Å². The molecule has 3 aromatic rings. The number of ether oxygens (including phenoxy) is 3. The van der Waals surface area contributed by atoms with Crippen LogP contribution >= 0.6 is 0 Å². The minimum absolute atomic E-state index is 0.351. The fraction of sp³-hybridized carbons (Fsp3) is 0.300. The molecule has 8 nitrogen and oxygen atoms in total. The molecule has 0 bridgehead atoms. The standard InChI is InChI=1S/C20H24FN5O3/c1-25(2)13-29-19-10-16(17(22)11-20(19)28-8-7-27-3)18-12-26(24-23-18)15-6-4-5-14(21)9-15/h4-6,9-12H,7-8,13,22H2,1-3H3. The van der Waals surface area contributed by atoms with E-state index in [2.05, 4.69) is 10.3 Å². The third-order valence-electron chi connectivity index (χ3n) is 3.98. The van der Waals surface area contributed by atoms with Crippen LogP contribution in [0.3, 0.4) is 0 Å². The van der Waals surface area contributed by atoms with Gasteiger partial charge >= 0.3 is 0 Å². The first kappa shape index (κ1) is 20.6. The maximum absolute atomic E-state index is 13.5. The Morgan fingerprint density at radius 3 is 2.62 bits per heavy atom. The molecule has 0 aliphatic heterocycles. The molecule has 0 aliphatic rings. The monoisotopic (exact) mass is 401 g/mol. The van der Waals surface area contributed by atoms with Crippen LogP contribution in [0.4, 0.5) is 10.1 Å². The van der Waals surface area contributed by atoms with Crippen molar-refractivity contribution in [1.82, 2.24) is 19.9 Å². The number of anilines is 1. The fourth-order valence-corrected chi connectivity index (χ4v) is 2.59. The van der Waals surface area contributed by atoms with Crippen LogP contribution in [0.1, 0.15) is 0 Å². The molecule has 1 aromatic heterocycles. The first-order valence-corrected chi connectivity index (χ1v) is 8.99. The molecule has 0 aliphatic carbocycles. The third-order valence-corrected chi connectivity index (χ3v) is 3.98. The molecule has 3 rings (SSSR count). The van der Waals surface area contributed by atoms with Crippen LogP contribution in [0.15, 0.2) is 42.6 Å². The number of hydrogen-bond donors (Lipinski definition) is 1. The summed E-state index contributed by atoms with van der Waals surface area (Å²) in [6.45, 7) is 1.17. The Bertz CT molecular complexity index is 961. The maximum atomic E-state index is 13.5. The predicted octanol–water partition coefficient (Wildman–Crippen LogP) is 2.58. The van der Waals surface area contributed by atoms with Crippen LogP contribution in [-0.2, 0) is 4.74 Å². The zero-order chi connectivity index (χ0) is 20.8. The van der Waals surface area contributed by atoms with Gasteiger partial charge in [-0.1, -0.05) is 11.3 Å². The molecular weight excluding hydrogens is 377 g/mol. The first-order valence-electron chi connectivity index (χ1n) is 8.99. The lowest BCUT2D eigenvalue weighted by atomic mass is 10.1. The molecule has 2 N–H and O–H groups in total. The molecule has 0 amide bonds. The van der Waals surface area contributed by atoms with Gasteiger partial charge in [0.25, 0.3) is 0 Å². The molecule has 0 spiro atoms. The van der Waals surface area contributed by atoms with E-state index in [1.807, 2.05) is 19.0 Å². The highest BCUT2D eigenvalue weighted by Gasteiger charge is 2.16. The highest BCUT2D eigenvalue weighted by molar-refractivity contribution is 5.77. The first-order chi connectivity index (χ1) is 14.0. The lowest BCUT2D eigenvalue weighted by molar-refractivity contribution is 0.137. The van der Waals surface area contributed by atoms with E-state index in [1.54, 1.807) is 37.6 Å². The molecule has 1 heterocycles. The van der Waals surface area contributed by atoms with E-state index in [9.17, 15) is 4.39 Å². The molecule has 0 fully saturated rings. The van der Waals surface area contributed by atoms with E-state index in [0.29, 0.717) is 54.1 Å². The zero-order valence-electron chi connectivity index (χ0n) is 16.6. The van der Waals surface area contributed by atoms with Gasteiger partial charge in [0.1, 0.15) is 24.8 Å². The number of nitrogens with zero attached hydrogens (tertiary/aromatic N) is 4. The predicted molar refractivity (Wildman–Crippen MR) is 108 cm³/mol. The molecule has 9 heteroatoms. The van der Waals surface area contributed by atoms with Gasteiger partial charge in [-0.25, -0.2) is 9.07 Å². The van der Waals surface area contributed by atoms with E-state index < -0.39 is 0 Å². The van der Waals surface area contributed by atoms with Gasteiger partial charge in [-0.3, -0.25) is 4.90 Å². The number of nitrogen functional groups attached to an aromatic ring is 1. The largest absolute Gasteiger partial charge is 0.487 e. The van der Waals surface area contributed by atoms with Crippen LogP contribution in [0, 0.1) is 5.82 Å². The van der Waals surface area contributed by atoms with Crippen molar-refractivity contribution in [3.05, 3.63) is 48.4 Å². The zero-order valence-corrected chi connectivity index (χ0v) is 16.6. The van der Waals surface area contributed by atoms with Crippen molar-refractivity contribution in [2.45, 2.75) is 0 Å². The summed E-state index contributed by atoms with van der Waals surface area (Å²) in [7, 11) is 5.40. The minimum Gasteiger partial charge on any atom is -0.487 e. The lowest BCUT2D eigenvalue weighted by Crippen LogP contribution is -2.19. The highest BCUT2D eigenvalue weighted by Crippen LogP contribution is 2.37. The van der Waals surface area contributed by atoms with Crippen molar-refractivity contribution in [2.75, 3.05) is 46.9 Å². The summed E-state index contributed by atoms with van der Waals surface area (Å²) in [5.74, 6) is 0.693. The summed E-state index contributed by atoms with van der Waals surface area (Å²) in [4.78, 5) is 1.88. The number of rotatable bonds is 9. The average Bonchev–Trinajstić information content (AvgIpc) is 3.17. The second-order valence-electron chi connectivity index (χ2n) is 6.61. The summed E-state index contributed by atoms with van der Waals surface area (Å²) >= 11 is 0. The maximum Gasteiger partial charge on any atom is 0.164 e. The number of nitrogens with two attached hydrogens (primary N) is 1. The van der Waals surface area contributed by atoms with Crippen LogP contribution in [0.2, 0.25) is 0 Å². The quantitative estimate of drug-likeness (QED) is 0.335. The van der Waals surface area contributed by atoms with E-state index in [-0.39, 0.29) is 5.82 Å². The van der Waals surface area contributed by atoms with Crippen molar-refractivity contribution >= 4 is 5.69 Å². The van der Waals surface area contributed by atoms with Gasteiger partial charge < -0.3 is 19.9 Å². The number of benzene rings is 2. The molecule has 154 valence electrons. The Labute approximate surface area is 168 Å². The van der Waals surface area contributed by atoms with Gasteiger partial charge in [0, 0.05) is 24.4 Å². The smallest absolute Gasteiger partial charge is 0.164 e. The second kappa shape index (κ2) is 9.35. The molecule has 0 radical (unpaired) electrons. The number of methoxy groups -OCH3 is 1. The van der Waals surface area contributed by atoms with Crippen molar-refractivity contribution in [3.63, 3.8) is 0 Å². The topological polar surface area (TPSA) is 87.7 Å². The van der Waals surface area contributed by atoms with Gasteiger partial charge in [0.05, 0.1) is 18.5 Å². The summed E-state index contributed by atoms with van der Waals surface area (Å²) in [6, 6.07) is 9.55. The van der Waals surface area contributed by atoms with Gasteiger partial charge in [0.15, 0.2) is 11.5 Å². The Kier molecular flexibility index (Phi) is 6.63. The molecule has 0 unspecified atom stereocenters. The lowest BCUT2D eigenvalue weighted by Gasteiger charge is -2.17. The van der Waals surface area contributed by atoms with Crippen molar-refractivity contribution in [3.8, 4) is 28.4 Å². The molecule has 2 aromatic carbocycles. The molecule has 0 saturated heterocycles. The van der Waals surface area contributed by atoms with Crippen molar-refractivity contribution in [2.24, 2.45) is 0 Å². The number of hydrogen-bond acceptors (Lipinski definition) is 7. The average molecular weight is 401 g/mol. The van der Waals surface area contributed by atoms with E-state index in [0.717, 1.165) is 0 Å². The normalized spacial score (nSPS) is 11.1. The molecule has 0 saturated carbocycles. The summed E-state index contributed by atoms with van der Waals surface area (Å²) in [5.41, 5.74) is 8.43. The summed E-state index contributed by atoms with van der Waals surface area (Å²) < 4.78 is 31.6. The van der Waals surface area contributed by atoms with Gasteiger partial charge in [-0.15, -0.1) is 5.10 Å². The van der Waals surface area contributed by atoms with Crippen LogP contribution in [0.5, 0.6) is 11.5 Å². The molecule has 29 heavy (non-hydrogen) atoms. The molecular formula is C20H24FN5O3. The van der Waals surface area contributed by atoms with Crippen molar-refractivity contribution < 1.29 is 18.6 Å². The Morgan fingerprint density at radius 1 is 1.10 bits per heavy atom. The Hall–Kier alpha value is -3.17. The fourth-order valence-electron chi connectivity index (χ4n) is 2.59. The minimum atomic E-state index is -0.351. The highest BCUT2D eigenvalue weighted by atomic mass is 19.1. The Balaban J connectivity index is 1.93. The van der Waals surface area contributed by atoms with Crippen LogP contribution in [0.25, 0.3) is 16.9 Å². The van der Waals surface area contributed by atoms with Crippen molar-refractivity contribution in [1.29, 1.82) is 0 Å². The third kappa shape index (κ3) is 5.21. The second-order valence-corrected chi connectivity index (χ2v) is 6.61.